The fraction of sp³-hybridized carbons (Fsp3) is 0.357. The molecule has 0 unspecified atom stereocenters. The average molecular weight is 497 g/mol. The summed E-state index contributed by atoms with van der Waals surface area (Å²) in [7, 11) is 1.89. The minimum absolute atomic E-state index is 0.0556. The number of nitrogens with zero attached hydrogens (tertiary/aromatic N) is 7. The lowest BCUT2D eigenvalue weighted by molar-refractivity contribution is 0.0747. The number of carbonyl (C=O) groups excluding carboxylic acids is 1. The molecule has 1 N–H and O–H groups in total. The number of fused-ring (bicyclic) bond motifs is 1. The maximum Gasteiger partial charge on any atom is 0.254 e. The maximum atomic E-state index is 13.4. The van der Waals surface area contributed by atoms with E-state index in [0.717, 1.165) is 61.7 Å². The summed E-state index contributed by atoms with van der Waals surface area (Å²) >= 11 is 0. The number of nitrogens with one attached hydrogen (secondary N) is 1. The number of hydrogen-bond donors (Lipinski definition) is 1. The van der Waals surface area contributed by atoms with E-state index in [4.69, 9.17) is 9.97 Å². The fourth-order valence-electron chi connectivity index (χ4n) is 5.28. The standard InChI is InChI=1S/C28H32N8O/c1-20-8-3-4-11-24(20)34-14-16-35(17-15-34)27(37)21-9-7-10-22(18-21)30-25-23-19-29-33(2)26(23)32-28(31-25)36-12-5-6-13-36/h3-4,7-11,18-19H,5-6,12-17H2,1-2H3,(H,30,31,32). The van der Waals surface area contributed by atoms with E-state index in [1.807, 2.05) is 36.2 Å². The second-order valence-electron chi connectivity index (χ2n) is 9.84. The zero-order valence-corrected chi connectivity index (χ0v) is 21.4. The van der Waals surface area contributed by atoms with Gasteiger partial charge in [-0.1, -0.05) is 24.3 Å². The first-order valence-electron chi connectivity index (χ1n) is 13.0. The maximum absolute atomic E-state index is 13.4. The van der Waals surface area contributed by atoms with Crippen LogP contribution in [0.2, 0.25) is 0 Å². The molecular formula is C28H32N8O. The van der Waals surface area contributed by atoms with E-state index >= 15 is 0 Å². The summed E-state index contributed by atoms with van der Waals surface area (Å²) < 4.78 is 1.78. The third-order valence-electron chi connectivity index (χ3n) is 7.36. The molecule has 2 aromatic carbocycles. The Balaban J connectivity index is 1.20. The highest BCUT2D eigenvalue weighted by Crippen LogP contribution is 2.28. The molecule has 6 rings (SSSR count). The molecule has 0 spiro atoms. The highest BCUT2D eigenvalue weighted by molar-refractivity contribution is 5.96. The molecule has 9 heteroatoms. The van der Waals surface area contributed by atoms with Gasteiger partial charge in [-0.25, -0.2) is 0 Å². The molecule has 0 atom stereocenters. The number of aryl methyl sites for hydroxylation is 2. The molecule has 0 saturated carbocycles. The van der Waals surface area contributed by atoms with E-state index in [-0.39, 0.29) is 5.91 Å². The second-order valence-corrected chi connectivity index (χ2v) is 9.84. The van der Waals surface area contributed by atoms with Gasteiger partial charge in [-0.15, -0.1) is 0 Å². The number of rotatable bonds is 5. The molecular weight excluding hydrogens is 464 g/mol. The topological polar surface area (TPSA) is 82.4 Å². The van der Waals surface area contributed by atoms with Crippen molar-refractivity contribution < 1.29 is 4.79 Å². The van der Waals surface area contributed by atoms with Crippen molar-refractivity contribution in [1.29, 1.82) is 0 Å². The van der Waals surface area contributed by atoms with Gasteiger partial charge >= 0.3 is 0 Å². The first kappa shape index (κ1) is 23.3. The van der Waals surface area contributed by atoms with Crippen LogP contribution in [0.5, 0.6) is 0 Å². The molecule has 4 heterocycles. The summed E-state index contributed by atoms with van der Waals surface area (Å²) in [4.78, 5) is 29.5. The van der Waals surface area contributed by atoms with Gasteiger partial charge in [0.2, 0.25) is 5.95 Å². The van der Waals surface area contributed by atoms with Gasteiger partial charge in [0.1, 0.15) is 5.82 Å². The smallest absolute Gasteiger partial charge is 0.254 e. The van der Waals surface area contributed by atoms with E-state index in [1.54, 1.807) is 10.9 Å². The van der Waals surface area contributed by atoms with Crippen LogP contribution < -0.4 is 15.1 Å². The van der Waals surface area contributed by atoms with Crippen LogP contribution >= 0.6 is 0 Å². The lowest BCUT2D eigenvalue weighted by atomic mass is 10.1. The number of aromatic nitrogens is 4. The van der Waals surface area contributed by atoms with Crippen molar-refractivity contribution in [2.75, 3.05) is 54.4 Å². The summed E-state index contributed by atoms with van der Waals surface area (Å²) in [6.07, 6.45) is 4.09. The number of anilines is 4. The summed E-state index contributed by atoms with van der Waals surface area (Å²) in [5.74, 6) is 1.48. The molecule has 190 valence electrons. The molecule has 0 radical (unpaired) electrons. The Morgan fingerprint density at radius 2 is 1.68 bits per heavy atom. The van der Waals surface area contributed by atoms with Crippen molar-refractivity contribution in [2.24, 2.45) is 7.05 Å². The van der Waals surface area contributed by atoms with Gasteiger partial charge in [-0.05, 0) is 49.6 Å². The van der Waals surface area contributed by atoms with Crippen LogP contribution in [0, 0.1) is 6.92 Å². The summed E-state index contributed by atoms with van der Waals surface area (Å²) in [5, 5.41) is 8.70. The highest BCUT2D eigenvalue weighted by atomic mass is 16.2. The van der Waals surface area contributed by atoms with Crippen LogP contribution in [0.3, 0.4) is 0 Å². The first-order valence-corrected chi connectivity index (χ1v) is 13.0. The third-order valence-corrected chi connectivity index (χ3v) is 7.36. The van der Waals surface area contributed by atoms with E-state index in [0.29, 0.717) is 24.5 Å². The molecule has 2 fully saturated rings. The molecule has 2 aliphatic rings. The summed E-state index contributed by atoms with van der Waals surface area (Å²) in [5.41, 5.74) is 4.80. The van der Waals surface area contributed by atoms with Crippen molar-refractivity contribution in [1.82, 2.24) is 24.6 Å². The fourth-order valence-corrected chi connectivity index (χ4v) is 5.28. The number of amides is 1. The molecule has 9 nitrogen and oxygen atoms in total. The third kappa shape index (κ3) is 4.57. The van der Waals surface area contributed by atoms with Crippen LogP contribution in [-0.4, -0.2) is 69.8 Å². The Bertz CT molecular complexity index is 1430. The Labute approximate surface area is 216 Å². The van der Waals surface area contributed by atoms with Gasteiger partial charge in [-0.3, -0.25) is 9.48 Å². The van der Waals surface area contributed by atoms with Crippen LogP contribution in [0.15, 0.2) is 54.7 Å². The van der Waals surface area contributed by atoms with E-state index in [2.05, 4.69) is 51.4 Å². The van der Waals surface area contributed by atoms with Crippen molar-refractivity contribution >= 4 is 40.1 Å². The van der Waals surface area contributed by atoms with Crippen molar-refractivity contribution in [3.8, 4) is 0 Å². The predicted molar refractivity (Wildman–Crippen MR) is 147 cm³/mol. The zero-order valence-electron chi connectivity index (χ0n) is 21.4. The Hall–Kier alpha value is -4.14. The van der Waals surface area contributed by atoms with Gasteiger partial charge in [0, 0.05) is 63.3 Å². The Morgan fingerprint density at radius 1 is 0.892 bits per heavy atom. The second kappa shape index (κ2) is 9.72. The molecule has 0 aliphatic carbocycles. The number of benzene rings is 2. The van der Waals surface area contributed by atoms with Crippen LogP contribution in [0.1, 0.15) is 28.8 Å². The number of piperazine rings is 1. The molecule has 0 bridgehead atoms. The molecule has 1 amide bonds. The quantitative estimate of drug-likeness (QED) is 0.448. The average Bonchev–Trinajstić information content (AvgIpc) is 3.60. The number of hydrogen-bond acceptors (Lipinski definition) is 7. The minimum Gasteiger partial charge on any atom is -0.368 e. The SMILES string of the molecule is Cc1ccccc1N1CCN(C(=O)c2cccc(Nc3nc(N4CCCC4)nc4c3cnn4C)c2)CC1. The van der Waals surface area contributed by atoms with E-state index in [1.165, 1.54) is 11.3 Å². The predicted octanol–water partition coefficient (Wildman–Crippen LogP) is 3.98. The van der Waals surface area contributed by atoms with Crippen LogP contribution in [0.4, 0.5) is 23.1 Å². The first-order chi connectivity index (χ1) is 18.1. The van der Waals surface area contributed by atoms with Gasteiger partial charge in [0.05, 0.1) is 11.6 Å². The normalized spacial score (nSPS) is 16.0. The molecule has 2 saturated heterocycles. The Morgan fingerprint density at radius 3 is 2.46 bits per heavy atom. The summed E-state index contributed by atoms with van der Waals surface area (Å²) in [6, 6.07) is 16.1. The van der Waals surface area contributed by atoms with Gasteiger partial charge in [0.25, 0.3) is 5.91 Å². The van der Waals surface area contributed by atoms with E-state index in [9.17, 15) is 4.79 Å². The van der Waals surface area contributed by atoms with Crippen molar-refractivity contribution in [2.45, 2.75) is 19.8 Å². The van der Waals surface area contributed by atoms with Gasteiger partial charge in [0.15, 0.2) is 5.65 Å². The molecule has 4 aromatic rings. The molecule has 37 heavy (non-hydrogen) atoms. The van der Waals surface area contributed by atoms with Crippen LogP contribution in [0.25, 0.3) is 11.0 Å². The van der Waals surface area contributed by atoms with Crippen molar-refractivity contribution in [3.63, 3.8) is 0 Å². The zero-order chi connectivity index (χ0) is 25.4. The monoisotopic (exact) mass is 496 g/mol. The number of carbonyl (C=O) groups is 1. The van der Waals surface area contributed by atoms with Gasteiger partial charge in [-0.2, -0.15) is 15.1 Å². The van der Waals surface area contributed by atoms with Gasteiger partial charge < -0.3 is 20.0 Å². The van der Waals surface area contributed by atoms with Crippen molar-refractivity contribution in [3.05, 3.63) is 65.9 Å². The lowest BCUT2D eigenvalue weighted by Gasteiger charge is -2.36. The molecule has 2 aromatic heterocycles. The lowest BCUT2D eigenvalue weighted by Crippen LogP contribution is -2.49. The van der Waals surface area contributed by atoms with Crippen LogP contribution in [-0.2, 0) is 7.05 Å². The number of para-hydroxylation sites is 1. The molecule has 2 aliphatic heterocycles. The largest absolute Gasteiger partial charge is 0.368 e. The summed E-state index contributed by atoms with van der Waals surface area (Å²) in [6.45, 7) is 7.12. The highest BCUT2D eigenvalue weighted by Gasteiger charge is 2.24. The minimum atomic E-state index is 0.0556. The Kier molecular flexibility index (Phi) is 6.12. The van der Waals surface area contributed by atoms with E-state index < -0.39 is 0 Å².